The Kier molecular flexibility index (Phi) is 2.74. The molecule has 0 radical (unpaired) electrons. The fourth-order valence-corrected chi connectivity index (χ4v) is 0.983. The number of anilines is 1. The van der Waals surface area contributed by atoms with Gasteiger partial charge in [0.1, 0.15) is 11.5 Å². The minimum Gasteiger partial charge on any atom is -0.384 e. The molecule has 0 spiro atoms. The van der Waals surface area contributed by atoms with E-state index in [9.17, 15) is 4.79 Å². The summed E-state index contributed by atoms with van der Waals surface area (Å²) in [6, 6.07) is 4.99. The highest BCUT2D eigenvalue weighted by Gasteiger charge is 2.15. The molecule has 1 heterocycles. The predicted octanol–water partition coefficient (Wildman–Crippen LogP) is 1.19. The summed E-state index contributed by atoms with van der Waals surface area (Å²) in [6.07, 6.45) is 0. The van der Waals surface area contributed by atoms with Crippen LogP contribution in [0.4, 0.5) is 5.82 Å². The number of carbonyl (C=O) groups excluding carboxylic acids is 1. The number of nitrogens with two attached hydrogens (primary N) is 1. The first-order valence-electron chi connectivity index (χ1n) is 4.43. The van der Waals surface area contributed by atoms with Gasteiger partial charge in [-0.2, -0.15) is 0 Å². The number of pyridine rings is 1. The van der Waals surface area contributed by atoms with Crippen molar-refractivity contribution in [2.45, 2.75) is 26.3 Å². The van der Waals surface area contributed by atoms with Crippen molar-refractivity contribution in [2.75, 3.05) is 5.73 Å². The van der Waals surface area contributed by atoms with E-state index in [0.717, 1.165) is 0 Å². The Morgan fingerprint density at radius 1 is 1.43 bits per heavy atom. The topological polar surface area (TPSA) is 68.0 Å². The van der Waals surface area contributed by atoms with Crippen molar-refractivity contribution in [1.29, 1.82) is 0 Å². The van der Waals surface area contributed by atoms with E-state index in [2.05, 4.69) is 10.3 Å². The van der Waals surface area contributed by atoms with Crippen molar-refractivity contribution in [3.63, 3.8) is 0 Å². The molecular weight excluding hydrogens is 178 g/mol. The molecule has 0 fully saturated rings. The number of rotatable bonds is 1. The molecular formula is C10H15N3O. The van der Waals surface area contributed by atoms with Crippen LogP contribution in [0.3, 0.4) is 0 Å². The lowest BCUT2D eigenvalue weighted by atomic mass is 10.1. The van der Waals surface area contributed by atoms with Crippen molar-refractivity contribution in [3.05, 3.63) is 23.9 Å². The number of nitrogens with one attached hydrogen (secondary N) is 1. The highest BCUT2D eigenvalue weighted by molar-refractivity contribution is 5.93. The Hall–Kier alpha value is -1.58. The largest absolute Gasteiger partial charge is 0.384 e. The van der Waals surface area contributed by atoms with E-state index >= 15 is 0 Å². The van der Waals surface area contributed by atoms with E-state index in [-0.39, 0.29) is 11.4 Å². The molecule has 14 heavy (non-hydrogen) atoms. The van der Waals surface area contributed by atoms with E-state index in [0.29, 0.717) is 11.5 Å². The number of nitrogens with zero attached hydrogens (tertiary/aromatic N) is 1. The molecule has 1 aromatic rings. The molecule has 0 saturated heterocycles. The van der Waals surface area contributed by atoms with Gasteiger partial charge in [0.25, 0.3) is 5.91 Å². The molecule has 0 atom stereocenters. The lowest BCUT2D eigenvalue weighted by Crippen LogP contribution is -2.40. The van der Waals surface area contributed by atoms with Gasteiger partial charge in [-0.3, -0.25) is 4.79 Å². The van der Waals surface area contributed by atoms with Gasteiger partial charge in [-0.05, 0) is 32.9 Å². The van der Waals surface area contributed by atoms with E-state index in [1.807, 2.05) is 20.8 Å². The van der Waals surface area contributed by atoms with Gasteiger partial charge in [0.15, 0.2) is 0 Å². The molecule has 1 rings (SSSR count). The third-order valence-electron chi connectivity index (χ3n) is 1.49. The number of amides is 1. The maximum Gasteiger partial charge on any atom is 0.270 e. The van der Waals surface area contributed by atoms with Crippen LogP contribution >= 0.6 is 0 Å². The summed E-state index contributed by atoms with van der Waals surface area (Å²) < 4.78 is 0. The second-order valence-corrected chi connectivity index (χ2v) is 4.15. The molecule has 1 amide bonds. The smallest absolute Gasteiger partial charge is 0.270 e. The zero-order valence-electron chi connectivity index (χ0n) is 8.66. The Morgan fingerprint density at radius 3 is 2.57 bits per heavy atom. The van der Waals surface area contributed by atoms with Crippen molar-refractivity contribution in [3.8, 4) is 0 Å². The van der Waals surface area contributed by atoms with Crippen molar-refractivity contribution < 1.29 is 4.79 Å². The van der Waals surface area contributed by atoms with Crippen LogP contribution in [0.25, 0.3) is 0 Å². The molecule has 0 saturated carbocycles. The normalized spacial score (nSPS) is 11.1. The highest BCUT2D eigenvalue weighted by Crippen LogP contribution is 2.04. The summed E-state index contributed by atoms with van der Waals surface area (Å²) in [5.41, 5.74) is 5.56. The van der Waals surface area contributed by atoms with Gasteiger partial charge in [0, 0.05) is 5.54 Å². The molecule has 0 aromatic carbocycles. The second kappa shape index (κ2) is 3.65. The number of aromatic nitrogens is 1. The first-order chi connectivity index (χ1) is 6.38. The van der Waals surface area contributed by atoms with Crippen LogP contribution in [-0.4, -0.2) is 16.4 Å². The van der Waals surface area contributed by atoms with E-state index in [1.54, 1.807) is 18.2 Å². The third-order valence-corrected chi connectivity index (χ3v) is 1.49. The lowest BCUT2D eigenvalue weighted by Gasteiger charge is -2.20. The molecule has 3 N–H and O–H groups in total. The zero-order valence-corrected chi connectivity index (χ0v) is 8.66. The van der Waals surface area contributed by atoms with Crippen LogP contribution in [0, 0.1) is 0 Å². The quantitative estimate of drug-likeness (QED) is 0.704. The molecule has 0 bridgehead atoms. The summed E-state index contributed by atoms with van der Waals surface area (Å²) in [5.74, 6) is 0.149. The Bertz CT molecular complexity index is 341. The van der Waals surface area contributed by atoms with Crippen LogP contribution in [0.15, 0.2) is 18.2 Å². The van der Waals surface area contributed by atoms with Crippen LogP contribution in [0.1, 0.15) is 31.3 Å². The zero-order chi connectivity index (χ0) is 10.8. The molecule has 0 unspecified atom stereocenters. The van der Waals surface area contributed by atoms with E-state index in [1.165, 1.54) is 0 Å². The van der Waals surface area contributed by atoms with Crippen LogP contribution in [-0.2, 0) is 0 Å². The summed E-state index contributed by atoms with van der Waals surface area (Å²) >= 11 is 0. The van der Waals surface area contributed by atoms with Crippen molar-refractivity contribution >= 4 is 11.7 Å². The molecule has 0 aliphatic carbocycles. The Morgan fingerprint density at radius 2 is 2.07 bits per heavy atom. The van der Waals surface area contributed by atoms with Crippen molar-refractivity contribution in [2.24, 2.45) is 0 Å². The number of carbonyl (C=O) groups is 1. The molecule has 0 aliphatic heterocycles. The van der Waals surface area contributed by atoms with E-state index < -0.39 is 0 Å². The first-order valence-corrected chi connectivity index (χ1v) is 4.43. The third kappa shape index (κ3) is 3.05. The second-order valence-electron chi connectivity index (χ2n) is 4.15. The molecule has 4 nitrogen and oxygen atoms in total. The average molecular weight is 193 g/mol. The van der Waals surface area contributed by atoms with Crippen LogP contribution in [0.2, 0.25) is 0 Å². The van der Waals surface area contributed by atoms with Gasteiger partial charge < -0.3 is 11.1 Å². The van der Waals surface area contributed by atoms with Gasteiger partial charge in [-0.1, -0.05) is 6.07 Å². The monoisotopic (exact) mass is 193 g/mol. The van der Waals surface area contributed by atoms with E-state index in [4.69, 9.17) is 5.73 Å². The molecule has 76 valence electrons. The summed E-state index contributed by atoms with van der Waals surface area (Å²) in [5, 5.41) is 2.81. The van der Waals surface area contributed by atoms with Gasteiger partial charge in [0.05, 0.1) is 0 Å². The average Bonchev–Trinajstić information content (AvgIpc) is 2.01. The van der Waals surface area contributed by atoms with Gasteiger partial charge in [-0.25, -0.2) is 4.98 Å². The number of hydrogen-bond acceptors (Lipinski definition) is 3. The standard InChI is InChI=1S/C10H15N3O/c1-10(2,3)13-9(14)7-5-4-6-8(11)12-7/h4-6H,1-3H3,(H2,11,12)(H,13,14). The predicted molar refractivity (Wildman–Crippen MR) is 55.9 cm³/mol. The number of hydrogen-bond donors (Lipinski definition) is 2. The maximum absolute atomic E-state index is 11.6. The highest BCUT2D eigenvalue weighted by atomic mass is 16.2. The van der Waals surface area contributed by atoms with Gasteiger partial charge in [0.2, 0.25) is 0 Å². The minimum atomic E-state index is -0.261. The minimum absolute atomic E-state index is 0.204. The summed E-state index contributed by atoms with van der Waals surface area (Å²) in [4.78, 5) is 15.5. The first kappa shape index (κ1) is 10.5. The molecule has 4 heteroatoms. The number of nitrogen functional groups attached to an aromatic ring is 1. The Labute approximate surface area is 83.5 Å². The van der Waals surface area contributed by atoms with Gasteiger partial charge >= 0.3 is 0 Å². The SMILES string of the molecule is CC(C)(C)NC(=O)c1cccc(N)n1. The van der Waals surface area contributed by atoms with Gasteiger partial charge in [-0.15, -0.1) is 0 Å². The Balaban J connectivity index is 2.80. The molecule has 0 aliphatic rings. The summed E-state index contributed by atoms with van der Waals surface area (Å²) in [7, 11) is 0. The fraction of sp³-hybridized carbons (Fsp3) is 0.400. The van der Waals surface area contributed by atoms with Crippen molar-refractivity contribution in [1.82, 2.24) is 10.3 Å². The fourth-order valence-electron chi connectivity index (χ4n) is 0.983. The van der Waals surface area contributed by atoms with Crippen LogP contribution in [0.5, 0.6) is 0 Å². The summed E-state index contributed by atoms with van der Waals surface area (Å²) in [6.45, 7) is 5.74. The lowest BCUT2D eigenvalue weighted by molar-refractivity contribution is 0.0914. The molecule has 1 aromatic heterocycles. The van der Waals surface area contributed by atoms with Crippen LogP contribution < -0.4 is 11.1 Å². The maximum atomic E-state index is 11.6.